The van der Waals surface area contributed by atoms with Gasteiger partial charge in [-0.1, -0.05) is 11.6 Å². The molecule has 0 atom stereocenters. The molecule has 0 aromatic carbocycles. The van der Waals surface area contributed by atoms with Gasteiger partial charge in [-0.2, -0.15) is 0 Å². The number of aliphatic carboxylic acids is 1. The predicted molar refractivity (Wildman–Crippen MR) is 52.1 cm³/mol. The van der Waals surface area contributed by atoms with Crippen LogP contribution in [0, 0.1) is 0 Å². The van der Waals surface area contributed by atoms with Gasteiger partial charge in [0.25, 0.3) is 0 Å². The zero-order chi connectivity index (χ0) is 10.6. The largest absolute Gasteiger partial charge is 0.480 e. The van der Waals surface area contributed by atoms with E-state index in [0.29, 0.717) is 9.90 Å². The minimum Gasteiger partial charge on any atom is -0.480 e. The van der Waals surface area contributed by atoms with Crippen LogP contribution in [-0.4, -0.2) is 30.1 Å². The number of Topliss-reactive ketones (excluding diaryl/α,β-unsaturated/α-hetero) is 1. The van der Waals surface area contributed by atoms with E-state index in [9.17, 15) is 9.59 Å². The molecule has 1 aromatic heterocycles. The number of ketones is 1. The smallest absolute Gasteiger partial charge is 0.329 e. The number of carbonyl (C=O) groups excluding carboxylic acids is 1. The van der Waals surface area contributed by atoms with Gasteiger partial charge >= 0.3 is 5.97 Å². The van der Waals surface area contributed by atoms with E-state index in [4.69, 9.17) is 16.7 Å². The highest BCUT2D eigenvalue weighted by Gasteiger charge is 2.12. The Morgan fingerprint density at radius 2 is 2.21 bits per heavy atom. The van der Waals surface area contributed by atoms with Crippen molar-refractivity contribution in [2.24, 2.45) is 0 Å². The molecule has 4 nitrogen and oxygen atoms in total. The first-order valence-electron chi connectivity index (χ1n) is 3.67. The van der Waals surface area contributed by atoms with Crippen LogP contribution in [0.4, 0.5) is 0 Å². The molecule has 0 amide bonds. The molecule has 1 rings (SSSR count). The zero-order valence-corrected chi connectivity index (χ0v) is 8.60. The molecule has 1 N–H and O–H groups in total. The van der Waals surface area contributed by atoms with Crippen molar-refractivity contribution in [3.63, 3.8) is 0 Å². The molecule has 0 aliphatic carbocycles. The summed E-state index contributed by atoms with van der Waals surface area (Å²) in [6.45, 7) is -0.735. The van der Waals surface area contributed by atoms with Crippen LogP contribution in [0.3, 0.4) is 0 Å². The molecule has 0 aliphatic rings. The van der Waals surface area contributed by atoms with Crippen LogP contribution in [0.5, 0.6) is 0 Å². The number of carboxylic acid groups (broad SMARTS) is 1. The van der Waals surface area contributed by atoms with Gasteiger partial charge < -0.3 is 9.84 Å². The first-order chi connectivity index (χ1) is 6.61. The summed E-state index contributed by atoms with van der Waals surface area (Å²) in [5, 5.41) is 10.3. The number of ether oxygens (including phenoxy) is 1. The van der Waals surface area contributed by atoms with Crippen LogP contribution in [0.15, 0.2) is 11.4 Å². The highest BCUT2D eigenvalue weighted by molar-refractivity contribution is 7.12. The molecule has 1 aromatic rings. The Morgan fingerprint density at radius 3 is 2.71 bits per heavy atom. The molecular formula is C8H7ClO4S. The second-order valence-corrected chi connectivity index (χ2v) is 3.73. The second kappa shape index (κ2) is 5.09. The fourth-order valence-corrected chi connectivity index (χ4v) is 1.88. The monoisotopic (exact) mass is 234 g/mol. The molecule has 0 unspecified atom stereocenters. The zero-order valence-electron chi connectivity index (χ0n) is 7.03. The fraction of sp³-hybridized carbons (Fsp3) is 0.250. The lowest BCUT2D eigenvalue weighted by Gasteiger charge is -1.98. The summed E-state index contributed by atoms with van der Waals surface area (Å²) >= 11 is 6.90. The van der Waals surface area contributed by atoms with Crippen LogP contribution >= 0.6 is 22.9 Å². The van der Waals surface area contributed by atoms with Gasteiger partial charge in [-0.05, 0) is 11.4 Å². The molecule has 0 bridgehead atoms. The van der Waals surface area contributed by atoms with E-state index >= 15 is 0 Å². The SMILES string of the molecule is O=C(O)COCC(=O)c1sccc1Cl. The normalized spacial score (nSPS) is 10.1. The standard InChI is InChI=1S/C8H7ClO4S/c9-5-1-2-14-8(5)6(10)3-13-4-7(11)12/h1-2H,3-4H2,(H,11,12). The molecule has 1 heterocycles. The fourth-order valence-electron chi connectivity index (χ4n) is 0.789. The quantitative estimate of drug-likeness (QED) is 0.788. The summed E-state index contributed by atoms with van der Waals surface area (Å²) in [4.78, 5) is 21.8. The maximum atomic E-state index is 11.3. The maximum Gasteiger partial charge on any atom is 0.329 e. The molecule has 0 saturated heterocycles. The lowest BCUT2D eigenvalue weighted by atomic mass is 10.3. The molecule has 0 spiro atoms. The number of halogens is 1. The topological polar surface area (TPSA) is 63.6 Å². The summed E-state index contributed by atoms with van der Waals surface area (Å²) in [5.74, 6) is -1.40. The van der Waals surface area contributed by atoms with Gasteiger partial charge in [0.1, 0.15) is 13.2 Å². The highest BCUT2D eigenvalue weighted by Crippen LogP contribution is 2.22. The van der Waals surface area contributed by atoms with Gasteiger partial charge in [0, 0.05) is 0 Å². The lowest BCUT2D eigenvalue weighted by Crippen LogP contribution is -2.13. The van der Waals surface area contributed by atoms with Gasteiger partial charge in [0.2, 0.25) is 0 Å². The van der Waals surface area contributed by atoms with E-state index in [1.807, 2.05) is 0 Å². The predicted octanol–water partition coefficient (Wildman–Crippen LogP) is 1.69. The summed E-state index contributed by atoms with van der Waals surface area (Å²) in [5.41, 5.74) is 0. The molecule has 0 fully saturated rings. The molecular weight excluding hydrogens is 228 g/mol. The number of hydrogen-bond acceptors (Lipinski definition) is 4. The molecule has 0 saturated carbocycles. The second-order valence-electron chi connectivity index (χ2n) is 2.41. The van der Waals surface area contributed by atoms with Crippen molar-refractivity contribution < 1.29 is 19.4 Å². The Balaban J connectivity index is 2.44. The van der Waals surface area contributed by atoms with Crippen LogP contribution in [0.2, 0.25) is 5.02 Å². The van der Waals surface area contributed by atoms with Crippen molar-refractivity contribution in [3.05, 3.63) is 21.3 Å². The Hall–Kier alpha value is -0.910. The van der Waals surface area contributed by atoms with Gasteiger partial charge in [0.05, 0.1) is 9.90 Å². The minimum absolute atomic E-state index is 0.257. The van der Waals surface area contributed by atoms with E-state index in [-0.39, 0.29) is 12.4 Å². The van der Waals surface area contributed by atoms with Gasteiger partial charge in [-0.25, -0.2) is 4.79 Å². The van der Waals surface area contributed by atoms with Crippen LogP contribution in [0.25, 0.3) is 0 Å². The average molecular weight is 235 g/mol. The molecule has 14 heavy (non-hydrogen) atoms. The summed E-state index contributed by atoms with van der Waals surface area (Å²) in [7, 11) is 0. The van der Waals surface area contributed by atoms with E-state index in [2.05, 4.69) is 4.74 Å². The number of carbonyl (C=O) groups is 2. The third kappa shape index (κ3) is 3.10. The third-order valence-corrected chi connectivity index (χ3v) is 2.71. The number of carboxylic acids is 1. The Bertz CT molecular complexity index is 347. The van der Waals surface area contributed by atoms with Crippen LogP contribution in [-0.2, 0) is 9.53 Å². The maximum absolute atomic E-state index is 11.3. The van der Waals surface area contributed by atoms with Gasteiger partial charge in [-0.15, -0.1) is 11.3 Å². The van der Waals surface area contributed by atoms with Gasteiger partial charge in [-0.3, -0.25) is 4.79 Å². The van der Waals surface area contributed by atoms with Crippen molar-refractivity contribution in [2.45, 2.75) is 0 Å². The van der Waals surface area contributed by atoms with Crippen LogP contribution in [0.1, 0.15) is 9.67 Å². The van der Waals surface area contributed by atoms with E-state index in [0.717, 1.165) is 0 Å². The van der Waals surface area contributed by atoms with Crippen molar-refractivity contribution in [2.75, 3.05) is 13.2 Å². The van der Waals surface area contributed by atoms with Crippen molar-refractivity contribution in [3.8, 4) is 0 Å². The van der Waals surface area contributed by atoms with Gasteiger partial charge in [0.15, 0.2) is 5.78 Å². The first-order valence-corrected chi connectivity index (χ1v) is 4.92. The van der Waals surface area contributed by atoms with Crippen molar-refractivity contribution >= 4 is 34.7 Å². The highest BCUT2D eigenvalue weighted by atomic mass is 35.5. The molecule has 0 radical (unpaired) electrons. The van der Waals surface area contributed by atoms with E-state index in [1.54, 1.807) is 11.4 Å². The summed E-state index contributed by atoms with van der Waals surface area (Å²) < 4.78 is 4.63. The van der Waals surface area contributed by atoms with Crippen LogP contribution < -0.4 is 0 Å². The summed E-state index contributed by atoms with van der Waals surface area (Å²) in [6, 6.07) is 1.61. The lowest BCUT2D eigenvalue weighted by molar-refractivity contribution is -0.141. The third-order valence-electron chi connectivity index (χ3n) is 1.33. The Labute approximate surface area is 89.1 Å². The first kappa shape index (κ1) is 11.2. The van der Waals surface area contributed by atoms with Crippen molar-refractivity contribution in [1.82, 2.24) is 0 Å². The van der Waals surface area contributed by atoms with E-state index in [1.165, 1.54) is 11.3 Å². The molecule has 76 valence electrons. The Kier molecular flexibility index (Phi) is 4.06. The average Bonchev–Trinajstić information content (AvgIpc) is 2.50. The molecule has 6 heteroatoms. The van der Waals surface area contributed by atoms with Crippen molar-refractivity contribution in [1.29, 1.82) is 0 Å². The van der Waals surface area contributed by atoms with E-state index < -0.39 is 12.6 Å². The molecule has 0 aliphatic heterocycles. The number of hydrogen-bond donors (Lipinski definition) is 1. The minimum atomic E-state index is -1.10. The summed E-state index contributed by atoms with van der Waals surface area (Å²) in [6.07, 6.45) is 0. The number of rotatable bonds is 5. The Morgan fingerprint density at radius 1 is 1.50 bits per heavy atom. The number of thiophene rings is 1.